The van der Waals surface area contributed by atoms with Crippen LogP contribution in [0.4, 0.5) is 0 Å². The van der Waals surface area contributed by atoms with E-state index in [1.165, 1.54) is 6.08 Å². The highest BCUT2D eigenvalue weighted by molar-refractivity contribution is 9.12. The molecule has 0 amide bonds. The van der Waals surface area contributed by atoms with Gasteiger partial charge in [0.25, 0.3) is 0 Å². The van der Waals surface area contributed by atoms with Gasteiger partial charge in [0.2, 0.25) is 0 Å². The number of rotatable bonds is 0. The molecule has 4 N–H and O–H groups in total. The average Bonchev–Trinajstić information content (AvgIpc) is 2.44. The Hall–Kier alpha value is -1.80. The molecular weight excluding hydrogens is 420 g/mol. The third kappa shape index (κ3) is 1.83. The van der Waals surface area contributed by atoms with Gasteiger partial charge in [-0.15, -0.1) is 0 Å². The molecule has 0 aromatic heterocycles. The molecule has 3 aliphatic rings. The number of hydrogen-bond acceptors (Lipinski definition) is 6. The van der Waals surface area contributed by atoms with Gasteiger partial charge in [-0.25, -0.2) is 0 Å². The summed E-state index contributed by atoms with van der Waals surface area (Å²) in [4.78, 5) is 49.7. The lowest BCUT2D eigenvalue weighted by Crippen LogP contribution is -2.48. The van der Waals surface area contributed by atoms with Gasteiger partial charge in [-0.3, -0.25) is 19.2 Å². The van der Waals surface area contributed by atoms with Crippen molar-refractivity contribution in [2.24, 2.45) is 23.3 Å². The van der Waals surface area contributed by atoms with Crippen molar-refractivity contribution in [1.82, 2.24) is 0 Å². The molecule has 0 aromatic rings. The minimum absolute atomic E-state index is 0.000882. The first kappa shape index (κ1) is 15.1. The molecule has 0 aromatic carbocycles. The van der Waals surface area contributed by atoms with Crippen LogP contribution in [0.1, 0.15) is 0 Å². The SMILES string of the molecule is NC1=C2C(=O)C3C(=O)C=C(Br)C(N)=C3C(=O)C2C(=O)C(Br)=C1. The summed E-state index contributed by atoms with van der Waals surface area (Å²) >= 11 is 6.11. The maximum Gasteiger partial charge on any atom is 0.185 e. The quantitative estimate of drug-likeness (QED) is 0.543. The van der Waals surface area contributed by atoms with Crippen LogP contribution < -0.4 is 11.5 Å². The van der Waals surface area contributed by atoms with Crippen molar-refractivity contribution >= 4 is 55.0 Å². The second-order valence-corrected chi connectivity index (χ2v) is 6.75. The van der Waals surface area contributed by atoms with Gasteiger partial charge in [0, 0.05) is 21.3 Å². The van der Waals surface area contributed by atoms with E-state index in [9.17, 15) is 19.2 Å². The molecule has 2 atom stereocenters. The fraction of sp³-hybridized carbons (Fsp3) is 0.143. The lowest BCUT2D eigenvalue weighted by Gasteiger charge is -2.34. The second-order valence-electron chi connectivity index (χ2n) is 5.04. The van der Waals surface area contributed by atoms with Crippen molar-refractivity contribution in [1.29, 1.82) is 0 Å². The Morgan fingerprint density at radius 3 is 2.00 bits per heavy atom. The minimum atomic E-state index is -1.34. The lowest BCUT2D eigenvalue weighted by molar-refractivity contribution is -0.136. The summed E-state index contributed by atoms with van der Waals surface area (Å²) in [7, 11) is 0. The predicted octanol–water partition coefficient (Wildman–Crippen LogP) is 0.519. The molecule has 8 heteroatoms. The summed E-state index contributed by atoms with van der Waals surface area (Å²) in [6, 6.07) is 0. The number of halogens is 2. The summed E-state index contributed by atoms with van der Waals surface area (Å²) in [5.74, 6) is -5.10. The van der Waals surface area contributed by atoms with Gasteiger partial charge in [0.05, 0.1) is 10.2 Å². The van der Waals surface area contributed by atoms with Crippen molar-refractivity contribution in [3.63, 3.8) is 0 Å². The molecule has 0 bridgehead atoms. The number of carbonyl (C=O) groups is 4. The maximum absolute atomic E-state index is 12.7. The van der Waals surface area contributed by atoms with Gasteiger partial charge in [-0.05, 0) is 44.0 Å². The smallest absolute Gasteiger partial charge is 0.185 e. The van der Waals surface area contributed by atoms with Crippen molar-refractivity contribution in [2.75, 3.05) is 0 Å². The molecule has 2 unspecified atom stereocenters. The van der Waals surface area contributed by atoms with Crippen LogP contribution in [0.3, 0.4) is 0 Å². The topological polar surface area (TPSA) is 120 Å². The van der Waals surface area contributed by atoms with E-state index in [0.717, 1.165) is 6.08 Å². The van der Waals surface area contributed by atoms with E-state index in [4.69, 9.17) is 11.5 Å². The van der Waals surface area contributed by atoms with Gasteiger partial charge >= 0.3 is 0 Å². The number of nitrogens with two attached hydrogens (primary N) is 2. The number of fused-ring (bicyclic) bond motifs is 2. The largest absolute Gasteiger partial charge is 0.398 e. The molecule has 3 aliphatic carbocycles. The number of carbonyl (C=O) groups excluding carboxylic acids is 4. The highest BCUT2D eigenvalue weighted by atomic mass is 79.9. The molecule has 1 saturated carbocycles. The third-order valence-corrected chi connectivity index (χ3v) is 5.10. The van der Waals surface area contributed by atoms with Crippen LogP contribution in [0, 0.1) is 11.8 Å². The zero-order valence-corrected chi connectivity index (χ0v) is 14.0. The molecule has 0 spiro atoms. The molecular formula is C14H8Br2N2O4. The summed E-state index contributed by atoms with van der Waals surface area (Å²) in [6.45, 7) is 0. The normalized spacial score (nSPS) is 28.5. The monoisotopic (exact) mass is 426 g/mol. The zero-order valence-electron chi connectivity index (χ0n) is 10.9. The van der Waals surface area contributed by atoms with Crippen LogP contribution in [0.15, 0.2) is 43.7 Å². The Morgan fingerprint density at radius 1 is 0.773 bits per heavy atom. The Morgan fingerprint density at radius 2 is 1.36 bits per heavy atom. The van der Waals surface area contributed by atoms with Gasteiger partial charge in [0.1, 0.15) is 11.8 Å². The molecule has 0 aliphatic heterocycles. The van der Waals surface area contributed by atoms with Crippen molar-refractivity contribution < 1.29 is 19.2 Å². The summed E-state index contributed by atoms with van der Waals surface area (Å²) in [6.07, 6.45) is 2.43. The fourth-order valence-corrected chi connectivity index (χ4v) is 3.73. The zero-order chi connectivity index (χ0) is 16.3. The molecule has 0 heterocycles. The summed E-state index contributed by atoms with van der Waals surface area (Å²) in [5.41, 5.74) is 11.4. The van der Waals surface area contributed by atoms with Crippen LogP contribution in [-0.2, 0) is 19.2 Å². The standard InChI is InChI=1S/C14H8Br2N2O4/c15-3-2-6(19)8-9(11(3)18)14(22)10-7(13(8)21)5(17)1-4(16)12(10)20/h1-2,8,10H,17-18H2. The lowest BCUT2D eigenvalue weighted by atomic mass is 9.66. The third-order valence-electron chi connectivity index (χ3n) is 3.82. The van der Waals surface area contributed by atoms with Crippen molar-refractivity contribution in [2.45, 2.75) is 0 Å². The molecule has 0 saturated heterocycles. The molecule has 22 heavy (non-hydrogen) atoms. The summed E-state index contributed by atoms with van der Waals surface area (Å²) < 4.78 is 0.331. The Bertz CT molecular complexity index is 817. The van der Waals surface area contributed by atoms with Crippen LogP contribution in [0.2, 0.25) is 0 Å². The number of ketones is 4. The highest BCUT2D eigenvalue weighted by Crippen LogP contribution is 2.42. The molecule has 3 rings (SSSR count). The van der Waals surface area contributed by atoms with E-state index in [2.05, 4.69) is 31.9 Å². The maximum atomic E-state index is 12.7. The van der Waals surface area contributed by atoms with E-state index < -0.39 is 35.0 Å². The minimum Gasteiger partial charge on any atom is -0.398 e. The second kappa shape index (κ2) is 4.85. The van der Waals surface area contributed by atoms with Gasteiger partial charge in [-0.2, -0.15) is 0 Å². The molecule has 6 nitrogen and oxygen atoms in total. The van der Waals surface area contributed by atoms with Gasteiger partial charge in [0.15, 0.2) is 23.1 Å². The van der Waals surface area contributed by atoms with Crippen LogP contribution in [0.5, 0.6) is 0 Å². The van der Waals surface area contributed by atoms with Crippen molar-refractivity contribution in [3.05, 3.63) is 43.7 Å². The first-order valence-corrected chi connectivity index (χ1v) is 7.74. The van der Waals surface area contributed by atoms with Crippen LogP contribution in [0.25, 0.3) is 0 Å². The Kier molecular flexibility index (Phi) is 3.33. The first-order valence-electron chi connectivity index (χ1n) is 6.16. The number of hydrogen-bond donors (Lipinski definition) is 2. The Balaban J connectivity index is 2.30. The Labute approximate surface area is 141 Å². The van der Waals surface area contributed by atoms with Crippen LogP contribution >= 0.6 is 31.9 Å². The van der Waals surface area contributed by atoms with Gasteiger partial charge in [-0.1, -0.05) is 0 Å². The average molecular weight is 428 g/mol. The molecule has 1 fully saturated rings. The summed E-state index contributed by atoms with van der Waals surface area (Å²) in [5, 5.41) is 0. The molecule has 112 valence electrons. The van der Waals surface area contributed by atoms with Crippen molar-refractivity contribution in [3.8, 4) is 0 Å². The van der Waals surface area contributed by atoms with E-state index >= 15 is 0 Å². The first-order chi connectivity index (χ1) is 10.3. The van der Waals surface area contributed by atoms with E-state index in [0.29, 0.717) is 0 Å². The van der Waals surface area contributed by atoms with E-state index in [-0.39, 0.29) is 31.5 Å². The van der Waals surface area contributed by atoms with Crippen LogP contribution in [-0.4, -0.2) is 23.1 Å². The number of Topliss-reactive ketones (excluding diaryl/α,β-unsaturated/α-hetero) is 3. The number of allylic oxidation sites excluding steroid dienone is 6. The molecule has 0 radical (unpaired) electrons. The van der Waals surface area contributed by atoms with E-state index in [1.54, 1.807) is 0 Å². The van der Waals surface area contributed by atoms with Gasteiger partial charge < -0.3 is 11.5 Å². The highest BCUT2D eigenvalue weighted by Gasteiger charge is 2.52. The van der Waals surface area contributed by atoms with E-state index in [1.807, 2.05) is 0 Å². The predicted molar refractivity (Wildman–Crippen MR) is 83.5 cm³/mol. The fourth-order valence-electron chi connectivity index (χ4n) is 2.81.